The fraction of sp³-hybridized carbons (Fsp3) is 0.345. The van der Waals surface area contributed by atoms with Crippen molar-refractivity contribution >= 4 is 33.5 Å². The van der Waals surface area contributed by atoms with Gasteiger partial charge in [0.05, 0.1) is 7.11 Å². The molecule has 0 atom stereocenters. The molecule has 34 heavy (non-hydrogen) atoms. The van der Waals surface area contributed by atoms with Crippen LogP contribution >= 0.6 is 0 Å². The first-order valence-electron chi connectivity index (χ1n) is 12.4. The van der Waals surface area contributed by atoms with Gasteiger partial charge in [-0.3, -0.25) is 0 Å². The molecule has 5 rings (SSSR count). The van der Waals surface area contributed by atoms with E-state index in [4.69, 9.17) is 4.74 Å². The summed E-state index contributed by atoms with van der Waals surface area (Å²) >= 11 is 0. The molecule has 1 aromatic heterocycles. The van der Waals surface area contributed by atoms with Crippen molar-refractivity contribution in [2.45, 2.75) is 58.2 Å². The Balaban J connectivity index is 1.45. The van der Waals surface area contributed by atoms with Gasteiger partial charge in [-0.05, 0) is 67.8 Å². The van der Waals surface area contributed by atoms with Crippen molar-refractivity contribution in [2.75, 3.05) is 12.4 Å². The Bertz CT molecular complexity index is 1290. The van der Waals surface area contributed by atoms with E-state index >= 15 is 0 Å². The highest BCUT2D eigenvalue weighted by molar-refractivity contribution is 6.08. The number of rotatable bonds is 6. The lowest BCUT2D eigenvalue weighted by Crippen LogP contribution is -2.43. The van der Waals surface area contributed by atoms with Crippen molar-refractivity contribution < 1.29 is 9.53 Å². The molecule has 5 nitrogen and oxygen atoms in total. The highest BCUT2D eigenvalue weighted by atomic mass is 16.5. The molecule has 1 N–H and O–H groups in total. The third-order valence-electron chi connectivity index (χ3n) is 7.12. The van der Waals surface area contributed by atoms with Crippen molar-refractivity contribution in [2.24, 2.45) is 0 Å². The molecular formula is C29H33N3O2. The zero-order chi connectivity index (χ0) is 23.5. The van der Waals surface area contributed by atoms with E-state index in [2.05, 4.69) is 59.3 Å². The maximum absolute atomic E-state index is 13.5. The maximum atomic E-state index is 13.5. The van der Waals surface area contributed by atoms with E-state index in [9.17, 15) is 4.79 Å². The van der Waals surface area contributed by atoms with E-state index in [-0.39, 0.29) is 12.1 Å². The van der Waals surface area contributed by atoms with Crippen LogP contribution in [0.2, 0.25) is 0 Å². The summed E-state index contributed by atoms with van der Waals surface area (Å²) in [6.45, 7) is 3.73. The van der Waals surface area contributed by atoms with Crippen LogP contribution in [0.4, 0.5) is 10.5 Å². The number of anilines is 1. The number of benzene rings is 3. The SMILES string of the molecule is CCn1c2ccccc2c2cc(CN(C(=O)Nc3ccc(OC)cc3)C3CCCCC3)ccc21. The van der Waals surface area contributed by atoms with E-state index in [0.717, 1.165) is 30.8 Å². The first-order chi connectivity index (χ1) is 16.7. The quantitative estimate of drug-likeness (QED) is 0.334. The summed E-state index contributed by atoms with van der Waals surface area (Å²) in [4.78, 5) is 15.5. The number of urea groups is 1. The molecule has 0 bridgehead atoms. The minimum atomic E-state index is -0.0341. The first kappa shape index (κ1) is 22.3. The lowest BCUT2D eigenvalue weighted by molar-refractivity contribution is 0.163. The number of ether oxygens (including phenoxy) is 1. The molecule has 3 aromatic carbocycles. The second-order valence-corrected chi connectivity index (χ2v) is 9.19. The van der Waals surface area contributed by atoms with Crippen molar-refractivity contribution in [3.8, 4) is 5.75 Å². The molecule has 0 radical (unpaired) electrons. The number of amides is 2. The van der Waals surface area contributed by atoms with Crippen molar-refractivity contribution in [1.82, 2.24) is 9.47 Å². The van der Waals surface area contributed by atoms with Gasteiger partial charge in [0.1, 0.15) is 5.75 Å². The van der Waals surface area contributed by atoms with Gasteiger partial charge in [-0.1, -0.05) is 43.5 Å². The Morgan fingerprint density at radius 2 is 1.71 bits per heavy atom. The third kappa shape index (κ3) is 4.35. The summed E-state index contributed by atoms with van der Waals surface area (Å²) in [5, 5.41) is 5.65. The average molecular weight is 456 g/mol. The second kappa shape index (κ2) is 9.80. The Hall–Kier alpha value is -3.47. The molecule has 0 unspecified atom stereocenters. The molecule has 5 heteroatoms. The van der Waals surface area contributed by atoms with Gasteiger partial charge >= 0.3 is 6.03 Å². The summed E-state index contributed by atoms with van der Waals surface area (Å²) in [7, 11) is 1.65. The number of carbonyl (C=O) groups is 1. The van der Waals surface area contributed by atoms with E-state index in [1.165, 1.54) is 46.6 Å². The Kier molecular flexibility index (Phi) is 6.43. The van der Waals surface area contributed by atoms with Gasteiger partial charge in [-0.25, -0.2) is 4.79 Å². The van der Waals surface area contributed by atoms with E-state index < -0.39 is 0 Å². The minimum absolute atomic E-state index is 0.0341. The summed E-state index contributed by atoms with van der Waals surface area (Å²) in [6.07, 6.45) is 5.74. The molecule has 0 saturated heterocycles. The second-order valence-electron chi connectivity index (χ2n) is 9.19. The fourth-order valence-corrected chi connectivity index (χ4v) is 5.37. The predicted molar refractivity (Wildman–Crippen MR) is 140 cm³/mol. The number of aryl methyl sites for hydroxylation is 1. The van der Waals surface area contributed by atoms with Gasteiger partial charge in [-0.2, -0.15) is 0 Å². The number of aromatic nitrogens is 1. The number of nitrogens with one attached hydrogen (secondary N) is 1. The Labute approximate surface area is 201 Å². The summed E-state index contributed by atoms with van der Waals surface area (Å²) in [5.41, 5.74) is 4.47. The predicted octanol–water partition coefficient (Wildman–Crippen LogP) is 7.19. The Morgan fingerprint density at radius 1 is 0.971 bits per heavy atom. The lowest BCUT2D eigenvalue weighted by Gasteiger charge is -2.34. The molecular weight excluding hydrogens is 422 g/mol. The summed E-state index contributed by atoms with van der Waals surface area (Å²) in [5.74, 6) is 0.779. The molecule has 1 aliphatic carbocycles. The minimum Gasteiger partial charge on any atom is -0.497 e. The summed E-state index contributed by atoms with van der Waals surface area (Å²) < 4.78 is 7.61. The van der Waals surface area contributed by atoms with Crippen LogP contribution in [0.15, 0.2) is 66.7 Å². The van der Waals surface area contributed by atoms with Crippen LogP contribution in [0.25, 0.3) is 21.8 Å². The number of hydrogen-bond donors (Lipinski definition) is 1. The topological polar surface area (TPSA) is 46.5 Å². The van der Waals surface area contributed by atoms with Crippen LogP contribution in [0.1, 0.15) is 44.6 Å². The zero-order valence-electron chi connectivity index (χ0n) is 20.1. The van der Waals surface area contributed by atoms with Gasteiger partial charge < -0.3 is 19.5 Å². The van der Waals surface area contributed by atoms with Gasteiger partial charge in [-0.15, -0.1) is 0 Å². The zero-order valence-corrected chi connectivity index (χ0v) is 20.1. The van der Waals surface area contributed by atoms with Crippen molar-refractivity contribution in [3.63, 3.8) is 0 Å². The molecule has 176 valence electrons. The van der Waals surface area contributed by atoms with Crippen molar-refractivity contribution in [3.05, 3.63) is 72.3 Å². The number of hydrogen-bond acceptors (Lipinski definition) is 2. The largest absolute Gasteiger partial charge is 0.497 e. The van der Waals surface area contributed by atoms with Gasteiger partial charge in [0.25, 0.3) is 0 Å². The van der Waals surface area contributed by atoms with Crippen LogP contribution in [0.3, 0.4) is 0 Å². The van der Waals surface area contributed by atoms with Crippen LogP contribution < -0.4 is 10.1 Å². The third-order valence-corrected chi connectivity index (χ3v) is 7.12. The number of methoxy groups -OCH3 is 1. The smallest absolute Gasteiger partial charge is 0.322 e. The number of fused-ring (bicyclic) bond motifs is 3. The molecule has 1 fully saturated rings. The van der Waals surface area contributed by atoms with Crippen LogP contribution in [0, 0.1) is 0 Å². The highest BCUT2D eigenvalue weighted by Gasteiger charge is 2.26. The first-order valence-corrected chi connectivity index (χ1v) is 12.4. The van der Waals surface area contributed by atoms with Crippen LogP contribution in [-0.4, -0.2) is 28.6 Å². The molecule has 0 aliphatic heterocycles. The molecule has 1 aliphatic rings. The Morgan fingerprint density at radius 3 is 2.44 bits per heavy atom. The summed E-state index contributed by atoms with van der Waals surface area (Å²) in [6, 6.07) is 23.0. The fourth-order valence-electron chi connectivity index (χ4n) is 5.37. The molecule has 4 aromatic rings. The van der Waals surface area contributed by atoms with Crippen molar-refractivity contribution in [1.29, 1.82) is 0 Å². The maximum Gasteiger partial charge on any atom is 0.322 e. The van der Waals surface area contributed by atoms with E-state index in [1.54, 1.807) is 7.11 Å². The number of carbonyl (C=O) groups excluding carboxylic acids is 1. The van der Waals surface area contributed by atoms with Gasteiger partial charge in [0.15, 0.2) is 0 Å². The van der Waals surface area contributed by atoms with Crippen LogP contribution in [0.5, 0.6) is 5.75 Å². The van der Waals surface area contributed by atoms with Gasteiger partial charge in [0.2, 0.25) is 0 Å². The number of nitrogens with zero attached hydrogens (tertiary/aromatic N) is 2. The molecule has 1 heterocycles. The van der Waals surface area contributed by atoms with E-state index in [0.29, 0.717) is 6.54 Å². The van der Waals surface area contributed by atoms with Gasteiger partial charge in [0, 0.05) is 46.6 Å². The highest BCUT2D eigenvalue weighted by Crippen LogP contribution is 2.31. The lowest BCUT2D eigenvalue weighted by atomic mass is 9.94. The average Bonchev–Trinajstić information content (AvgIpc) is 3.21. The molecule has 0 spiro atoms. The van der Waals surface area contributed by atoms with E-state index in [1.807, 2.05) is 29.2 Å². The monoisotopic (exact) mass is 455 g/mol. The molecule has 1 saturated carbocycles. The molecule has 2 amide bonds. The normalized spacial score (nSPS) is 14.4. The number of para-hydroxylation sites is 1. The van der Waals surface area contributed by atoms with Crippen LogP contribution in [-0.2, 0) is 13.1 Å². The standard InChI is InChI=1S/C29H33N3O2/c1-3-31-27-12-8-7-11-25(27)26-19-21(13-18-28(26)31)20-32(23-9-5-4-6-10-23)29(33)30-22-14-16-24(34-2)17-15-22/h7-8,11-19,23H,3-6,9-10,20H2,1-2H3,(H,30,33).